The van der Waals surface area contributed by atoms with Crippen LogP contribution in [-0.2, 0) is 14.3 Å². The van der Waals surface area contributed by atoms with Gasteiger partial charge in [0.1, 0.15) is 0 Å². The molecule has 18 heavy (non-hydrogen) atoms. The van der Waals surface area contributed by atoms with Crippen molar-refractivity contribution in [3.63, 3.8) is 0 Å². The Kier molecular flexibility index (Phi) is 3.14. The monoisotopic (exact) mass is 279 g/mol. The molecule has 0 N–H and O–H groups in total. The van der Waals surface area contributed by atoms with Crippen LogP contribution in [0.15, 0.2) is 0 Å². The lowest BCUT2D eigenvalue weighted by atomic mass is 9.80. The lowest BCUT2D eigenvalue weighted by Crippen LogP contribution is -2.30. The Hall–Kier alpha value is -0.740. The Morgan fingerprint density at radius 3 is 2.44 bits per heavy atom. The fourth-order valence-corrected chi connectivity index (χ4v) is 3.94. The maximum atomic E-state index is 13.3. The van der Waals surface area contributed by atoms with Crippen molar-refractivity contribution in [2.45, 2.75) is 43.6 Å². The van der Waals surface area contributed by atoms with E-state index in [-0.39, 0.29) is 37.5 Å². The Bertz CT molecular complexity index is 485. The average molecular weight is 279 g/mol. The molecule has 0 saturated heterocycles. The second-order valence-corrected chi connectivity index (χ2v) is 7.00. The summed E-state index contributed by atoms with van der Waals surface area (Å²) in [5, 5.41) is 9.13. The van der Waals surface area contributed by atoms with Crippen LogP contribution >= 0.6 is 0 Å². The van der Waals surface area contributed by atoms with E-state index in [1.54, 1.807) is 0 Å². The number of fused-ring (bicyclic) bond motifs is 1. The minimum absolute atomic E-state index is 0.0361. The molecular weight excluding hydrogens is 264 g/mol. The van der Waals surface area contributed by atoms with Crippen molar-refractivity contribution in [1.29, 1.82) is 5.26 Å². The van der Waals surface area contributed by atoms with Gasteiger partial charge < -0.3 is 0 Å². The molecule has 7 heteroatoms. The van der Waals surface area contributed by atoms with Gasteiger partial charge in [0.2, 0.25) is 5.92 Å². The standard InChI is InChI=1S/C11H15F2NO3S/c1-18(15,16)17-10(7-14)4-8-2-3-11(12,13)6-9(8)5-10/h8-9H,2-6H2,1H3/t8-,9+,10?/m0/s1. The lowest BCUT2D eigenvalue weighted by molar-refractivity contribution is -0.0635. The molecule has 0 radical (unpaired) electrons. The van der Waals surface area contributed by atoms with Gasteiger partial charge in [0.15, 0.2) is 5.60 Å². The van der Waals surface area contributed by atoms with Crippen LogP contribution in [0.5, 0.6) is 0 Å². The fourth-order valence-electron chi connectivity index (χ4n) is 3.19. The molecule has 0 amide bonds. The summed E-state index contributed by atoms with van der Waals surface area (Å²) < 4.78 is 53.8. The lowest BCUT2D eigenvalue weighted by Gasteiger charge is -2.30. The number of hydrogen-bond donors (Lipinski definition) is 0. The van der Waals surface area contributed by atoms with Gasteiger partial charge in [-0.1, -0.05) is 0 Å². The van der Waals surface area contributed by atoms with E-state index in [0.717, 1.165) is 6.26 Å². The molecular formula is C11H15F2NO3S. The Morgan fingerprint density at radius 2 is 1.89 bits per heavy atom. The normalized spacial score (nSPS) is 39.0. The molecule has 0 aromatic heterocycles. The summed E-state index contributed by atoms with van der Waals surface area (Å²) in [6, 6.07) is 1.87. The first kappa shape index (κ1) is 13.7. The van der Waals surface area contributed by atoms with Gasteiger partial charge in [-0.25, -0.2) is 13.0 Å². The first-order chi connectivity index (χ1) is 8.15. The zero-order valence-electron chi connectivity index (χ0n) is 10.0. The van der Waals surface area contributed by atoms with Crippen molar-refractivity contribution >= 4 is 10.1 Å². The third-order valence-corrected chi connectivity index (χ3v) is 4.43. The van der Waals surface area contributed by atoms with Gasteiger partial charge in [-0.2, -0.15) is 13.7 Å². The van der Waals surface area contributed by atoms with E-state index in [4.69, 9.17) is 9.44 Å². The van der Waals surface area contributed by atoms with E-state index >= 15 is 0 Å². The summed E-state index contributed by atoms with van der Waals surface area (Å²) >= 11 is 0. The number of hydrogen-bond acceptors (Lipinski definition) is 4. The summed E-state index contributed by atoms with van der Waals surface area (Å²) in [6.45, 7) is 0. The minimum Gasteiger partial charge on any atom is -0.248 e. The smallest absolute Gasteiger partial charge is 0.248 e. The van der Waals surface area contributed by atoms with E-state index in [2.05, 4.69) is 0 Å². The number of nitrogens with zero attached hydrogens (tertiary/aromatic N) is 1. The molecule has 3 atom stereocenters. The molecule has 0 aliphatic heterocycles. The van der Waals surface area contributed by atoms with Gasteiger partial charge in [0.05, 0.1) is 12.3 Å². The minimum atomic E-state index is -3.76. The Balaban J connectivity index is 2.17. The zero-order valence-corrected chi connectivity index (χ0v) is 10.8. The highest BCUT2D eigenvalue weighted by Gasteiger charge is 2.53. The predicted molar refractivity (Wildman–Crippen MR) is 59.3 cm³/mol. The zero-order chi connectivity index (χ0) is 13.6. The van der Waals surface area contributed by atoms with Gasteiger partial charge >= 0.3 is 0 Å². The van der Waals surface area contributed by atoms with Crippen LogP contribution in [0.3, 0.4) is 0 Å². The largest absolute Gasteiger partial charge is 0.265 e. The van der Waals surface area contributed by atoms with E-state index < -0.39 is 21.6 Å². The topological polar surface area (TPSA) is 67.2 Å². The van der Waals surface area contributed by atoms with Crippen molar-refractivity contribution in [3.8, 4) is 6.07 Å². The van der Waals surface area contributed by atoms with Crippen molar-refractivity contribution < 1.29 is 21.4 Å². The Labute approximate surface area is 105 Å². The van der Waals surface area contributed by atoms with Crippen LogP contribution in [0.25, 0.3) is 0 Å². The van der Waals surface area contributed by atoms with E-state index in [0.29, 0.717) is 6.42 Å². The van der Waals surface area contributed by atoms with Crippen LogP contribution in [0, 0.1) is 23.2 Å². The van der Waals surface area contributed by atoms with Gasteiger partial charge in [-0.05, 0) is 31.1 Å². The maximum Gasteiger partial charge on any atom is 0.265 e. The molecule has 2 rings (SSSR count). The van der Waals surface area contributed by atoms with Crippen LogP contribution in [0.2, 0.25) is 0 Å². The summed E-state index contributed by atoms with van der Waals surface area (Å²) in [4.78, 5) is 0. The quantitative estimate of drug-likeness (QED) is 0.726. The highest BCUT2D eigenvalue weighted by atomic mass is 32.2. The van der Waals surface area contributed by atoms with Crippen LogP contribution in [0.1, 0.15) is 32.1 Å². The number of rotatable bonds is 2. The van der Waals surface area contributed by atoms with Gasteiger partial charge in [0, 0.05) is 12.8 Å². The summed E-state index contributed by atoms with van der Waals surface area (Å²) in [6.07, 6.45) is 1.06. The predicted octanol–water partition coefficient (Wildman–Crippen LogP) is 2.07. The number of nitriles is 1. The summed E-state index contributed by atoms with van der Waals surface area (Å²) in [5.41, 5.74) is -1.44. The molecule has 2 aliphatic carbocycles. The number of halogens is 2. The molecule has 4 nitrogen and oxygen atoms in total. The van der Waals surface area contributed by atoms with Gasteiger partial charge in [-0.15, -0.1) is 0 Å². The Morgan fingerprint density at radius 1 is 1.28 bits per heavy atom. The molecule has 0 bridgehead atoms. The SMILES string of the molecule is CS(=O)(=O)OC1(C#N)C[C@@H]2CCC(F)(F)C[C@H]2C1. The molecule has 2 saturated carbocycles. The first-order valence-corrected chi connectivity index (χ1v) is 7.66. The second-order valence-electron chi connectivity index (χ2n) is 5.42. The van der Waals surface area contributed by atoms with Crippen molar-refractivity contribution in [2.24, 2.45) is 11.8 Å². The van der Waals surface area contributed by atoms with Crippen molar-refractivity contribution in [2.75, 3.05) is 6.26 Å². The van der Waals surface area contributed by atoms with E-state index in [1.165, 1.54) is 0 Å². The van der Waals surface area contributed by atoms with E-state index in [9.17, 15) is 17.2 Å². The van der Waals surface area contributed by atoms with Crippen molar-refractivity contribution in [1.82, 2.24) is 0 Å². The number of alkyl halides is 2. The highest BCUT2D eigenvalue weighted by Crippen LogP contribution is 2.52. The van der Waals surface area contributed by atoms with E-state index in [1.807, 2.05) is 6.07 Å². The van der Waals surface area contributed by atoms with Crippen LogP contribution < -0.4 is 0 Å². The molecule has 2 aliphatic rings. The third kappa shape index (κ3) is 2.81. The van der Waals surface area contributed by atoms with Gasteiger partial charge in [-0.3, -0.25) is 0 Å². The molecule has 2 fully saturated rings. The fraction of sp³-hybridized carbons (Fsp3) is 0.909. The van der Waals surface area contributed by atoms with Gasteiger partial charge in [0.25, 0.3) is 10.1 Å². The summed E-state index contributed by atoms with van der Waals surface area (Å²) in [7, 11) is -3.76. The molecule has 1 unspecified atom stereocenters. The summed E-state index contributed by atoms with van der Waals surface area (Å²) in [5.74, 6) is -3.06. The molecule has 0 aromatic rings. The second kappa shape index (κ2) is 4.14. The molecule has 0 spiro atoms. The highest BCUT2D eigenvalue weighted by molar-refractivity contribution is 7.86. The maximum absolute atomic E-state index is 13.3. The van der Waals surface area contributed by atoms with Crippen molar-refractivity contribution in [3.05, 3.63) is 0 Å². The molecule has 102 valence electrons. The average Bonchev–Trinajstić information content (AvgIpc) is 2.51. The van der Waals surface area contributed by atoms with Crippen LogP contribution in [0.4, 0.5) is 8.78 Å². The first-order valence-electron chi connectivity index (χ1n) is 5.84. The third-order valence-electron chi connectivity index (χ3n) is 3.81. The molecule has 0 heterocycles. The van der Waals surface area contributed by atoms with Crippen LogP contribution in [-0.4, -0.2) is 26.2 Å². The molecule has 0 aromatic carbocycles.